The Labute approximate surface area is 146 Å². The van der Waals surface area contributed by atoms with Crippen molar-refractivity contribution >= 4 is 11.4 Å². The van der Waals surface area contributed by atoms with Gasteiger partial charge in [0, 0.05) is 44.1 Å². The number of para-hydroxylation sites is 2. The fourth-order valence-corrected chi connectivity index (χ4v) is 3.30. The Bertz CT molecular complexity index is 537. The first kappa shape index (κ1) is 17.0. The second kappa shape index (κ2) is 8.86. The summed E-state index contributed by atoms with van der Waals surface area (Å²) < 4.78 is 0. The van der Waals surface area contributed by atoms with E-state index in [9.17, 15) is 0 Å². The van der Waals surface area contributed by atoms with Crippen molar-refractivity contribution in [3.05, 3.63) is 60.7 Å². The number of likely N-dealkylation sites (N-methyl/N-ethyl adjacent to an activating group) is 1. The molecule has 24 heavy (non-hydrogen) atoms. The molecule has 0 aromatic heterocycles. The third-order valence-electron chi connectivity index (χ3n) is 4.84. The molecule has 1 heterocycles. The Hall–Kier alpha value is -1.84. The van der Waals surface area contributed by atoms with E-state index in [1.807, 2.05) is 0 Å². The summed E-state index contributed by atoms with van der Waals surface area (Å²) in [6.45, 7) is 7.16. The molecular formula is C21H29N3. The Morgan fingerprint density at radius 2 is 1.29 bits per heavy atom. The smallest absolute Gasteiger partial charge is 0.0410 e. The highest BCUT2D eigenvalue weighted by Crippen LogP contribution is 2.25. The lowest BCUT2D eigenvalue weighted by Gasteiger charge is -2.32. The van der Waals surface area contributed by atoms with Crippen LogP contribution in [0.15, 0.2) is 60.7 Å². The standard InChI is InChI=1S/C21H29N3/c1-22-16-18-23(19-17-22)14-8-9-15-24(20-10-4-2-5-11-20)21-12-6-3-7-13-21/h2-7,10-13H,8-9,14-19H2,1H3. The van der Waals surface area contributed by atoms with Crippen LogP contribution < -0.4 is 4.90 Å². The first-order valence-corrected chi connectivity index (χ1v) is 9.11. The van der Waals surface area contributed by atoms with E-state index in [-0.39, 0.29) is 0 Å². The van der Waals surface area contributed by atoms with Crippen LogP contribution in [0.3, 0.4) is 0 Å². The molecule has 1 saturated heterocycles. The minimum absolute atomic E-state index is 1.07. The molecule has 3 heteroatoms. The first-order valence-electron chi connectivity index (χ1n) is 9.11. The second-order valence-electron chi connectivity index (χ2n) is 6.67. The zero-order valence-corrected chi connectivity index (χ0v) is 14.8. The number of benzene rings is 2. The van der Waals surface area contributed by atoms with Crippen LogP contribution in [-0.4, -0.2) is 56.1 Å². The van der Waals surface area contributed by atoms with E-state index in [1.54, 1.807) is 0 Å². The topological polar surface area (TPSA) is 9.72 Å². The summed E-state index contributed by atoms with van der Waals surface area (Å²) in [5.41, 5.74) is 2.56. The van der Waals surface area contributed by atoms with E-state index in [0.29, 0.717) is 0 Å². The quantitative estimate of drug-likeness (QED) is 0.717. The lowest BCUT2D eigenvalue weighted by atomic mass is 10.2. The largest absolute Gasteiger partial charge is 0.341 e. The molecule has 3 nitrogen and oxygen atoms in total. The molecule has 0 saturated carbocycles. The average molecular weight is 323 g/mol. The highest BCUT2D eigenvalue weighted by Gasteiger charge is 2.13. The first-order chi connectivity index (χ1) is 11.8. The van der Waals surface area contributed by atoms with Gasteiger partial charge in [-0.15, -0.1) is 0 Å². The Kier molecular flexibility index (Phi) is 6.27. The maximum atomic E-state index is 2.61. The van der Waals surface area contributed by atoms with Gasteiger partial charge in [0.15, 0.2) is 0 Å². The number of unbranched alkanes of at least 4 members (excludes halogenated alkanes) is 1. The Balaban J connectivity index is 1.53. The van der Waals surface area contributed by atoms with E-state index < -0.39 is 0 Å². The molecule has 2 aromatic rings. The van der Waals surface area contributed by atoms with Crippen molar-refractivity contribution in [1.82, 2.24) is 9.80 Å². The van der Waals surface area contributed by atoms with Crippen molar-refractivity contribution in [2.75, 3.05) is 51.2 Å². The van der Waals surface area contributed by atoms with Gasteiger partial charge in [-0.25, -0.2) is 0 Å². The molecular weight excluding hydrogens is 294 g/mol. The number of rotatable bonds is 7. The molecule has 0 N–H and O–H groups in total. The van der Waals surface area contributed by atoms with Gasteiger partial charge in [-0.3, -0.25) is 0 Å². The molecule has 0 aliphatic carbocycles. The molecule has 2 aromatic carbocycles. The van der Waals surface area contributed by atoms with Crippen LogP contribution >= 0.6 is 0 Å². The SMILES string of the molecule is CN1CCN(CCCCN(c2ccccc2)c2ccccc2)CC1. The van der Waals surface area contributed by atoms with Crippen LogP contribution in [-0.2, 0) is 0 Å². The fraction of sp³-hybridized carbons (Fsp3) is 0.429. The molecule has 0 unspecified atom stereocenters. The highest BCUT2D eigenvalue weighted by molar-refractivity contribution is 5.62. The number of hydrogen-bond acceptors (Lipinski definition) is 3. The number of hydrogen-bond donors (Lipinski definition) is 0. The molecule has 0 amide bonds. The van der Waals surface area contributed by atoms with Crippen molar-refractivity contribution < 1.29 is 0 Å². The summed E-state index contributed by atoms with van der Waals surface area (Å²) in [6, 6.07) is 21.5. The van der Waals surface area contributed by atoms with Gasteiger partial charge in [-0.2, -0.15) is 0 Å². The van der Waals surface area contributed by atoms with E-state index in [4.69, 9.17) is 0 Å². The van der Waals surface area contributed by atoms with Gasteiger partial charge < -0.3 is 14.7 Å². The van der Waals surface area contributed by atoms with E-state index >= 15 is 0 Å². The van der Waals surface area contributed by atoms with Gasteiger partial charge in [0.1, 0.15) is 0 Å². The van der Waals surface area contributed by atoms with Crippen molar-refractivity contribution in [3.63, 3.8) is 0 Å². The van der Waals surface area contributed by atoms with Gasteiger partial charge in [-0.05, 0) is 50.7 Å². The van der Waals surface area contributed by atoms with Crippen LogP contribution in [0, 0.1) is 0 Å². The predicted octanol–water partition coefficient (Wildman–Crippen LogP) is 3.85. The Morgan fingerprint density at radius 3 is 1.83 bits per heavy atom. The number of nitrogens with zero attached hydrogens (tertiary/aromatic N) is 3. The summed E-state index contributed by atoms with van der Waals surface area (Å²) in [4.78, 5) is 7.46. The van der Waals surface area contributed by atoms with Crippen molar-refractivity contribution in [3.8, 4) is 0 Å². The molecule has 0 radical (unpaired) electrons. The maximum Gasteiger partial charge on any atom is 0.0410 e. The zero-order chi connectivity index (χ0) is 16.6. The van der Waals surface area contributed by atoms with Gasteiger partial charge in [0.05, 0.1) is 0 Å². The Morgan fingerprint density at radius 1 is 0.750 bits per heavy atom. The van der Waals surface area contributed by atoms with Crippen molar-refractivity contribution in [2.24, 2.45) is 0 Å². The van der Waals surface area contributed by atoms with Crippen LogP contribution in [0.1, 0.15) is 12.8 Å². The van der Waals surface area contributed by atoms with E-state index in [0.717, 1.165) is 6.54 Å². The molecule has 1 aliphatic heterocycles. The van der Waals surface area contributed by atoms with Crippen LogP contribution in [0.2, 0.25) is 0 Å². The lowest BCUT2D eigenvalue weighted by molar-refractivity contribution is 0.152. The molecule has 0 spiro atoms. The molecule has 128 valence electrons. The summed E-state index contributed by atoms with van der Waals surface area (Å²) in [5, 5.41) is 0. The minimum atomic E-state index is 1.07. The predicted molar refractivity (Wildman–Crippen MR) is 103 cm³/mol. The van der Waals surface area contributed by atoms with E-state index in [2.05, 4.69) is 82.4 Å². The molecule has 0 bridgehead atoms. The van der Waals surface area contributed by atoms with Crippen LogP contribution in [0.5, 0.6) is 0 Å². The van der Waals surface area contributed by atoms with Gasteiger partial charge in [0.2, 0.25) is 0 Å². The molecule has 1 fully saturated rings. The second-order valence-corrected chi connectivity index (χ2v) is 6.67. The third-order valence-corrected chi connectivity index (χ3v) is 4.84. The van der Waals surface area contributed by atoms with Gasteiger partial charge in [-0.1, -0.05) is 36.4 Å². The molecule has 0 atom stereocenters. The van der Waals surface area contributed by atoms with Crippen molar-refractivity contribution in [2.45, 2.75) is 12.8 Å². The van der Waals surface area contributed by atoms with E-state index in [1.165, 1.54) is 56.9 Å². The fourth-order valence-electron chi connectivity index (χ4n) is 3.30. The number of piperazine rings is 1. The van der Waals surface area contributed by atoms with Crippen molar-refractivity contribution in [1.29, 1.82) is 0 Å². The third kappa shape index (κ3) is 4.83. The maximum absolute atomic E-state index is 2.61. The minimum Gasteiger partial charge on any atom is -0.341 e. The summed E-state index contributed by atoms with van der Waals surface area (Å²) in [7, 11) is 2.22. The molecule has 1 aliphatic rings. The average Bonchev–Trinajstić information content (AvgIpc) is 2.65. The van der Waals surface area contributed by atoms with Gasteiger partial charge in [0.25, 0.3) is 0 Å². The normalized spacial score (nSPS) is 16.2. The zero-order valence-electron chi connectivity index (χ0n) is 14.8. The van der Waals surface area contributed by atoms with Crippen LogP contribution in [0.25, 0.3) is 0 Å². The lowest BCUT2D eigenvalue weighted by Crippen LogP contribution is -2.44. The highest BCUT2D eigenvalue weighted by atomic mass is 15.2. The summed E-state index contributed by atoms with van der Waals surface area (Å²) in [5.74, 6) is 0. The summed E-state index contributed by atoms with van der Waals surface area (Å²) in [6.07, 6.45) is 2.48. The monoisotopic (exact) mass is 323 g/mol. The molecule has 3 rings (SSSR count). The summed E-state index contributed by atoms with van der Waals surface area (Å²) >= 11 is 0. The number of anilines is 2. The van der Waals surface area contributed by atoms with Gasteiger partial charge >= 0.3 is 0 Å². The van der Waals surface area contributed by atoms with Crippen LogP contribution in [0.4, 0.5) is 11.4 Å².